The molecule has 0 aromatic heterocycles. The number of nitrogens with one attached hydrogen (secondary N) is 1. The Hall–Kier alpha value is -2.34. The van der Waals surface area contributed by atoms with Crippen LogP contribution >= 0.6 is 0 Å². The summed E-state index contributed by atoms with van der Waals surface area (Å²) >= 11 is 0. The van der Waals surface area contributed by atoms with Crippen molar-refractivity contribution in [2.75, 3.05) is 11.6 Å². The van der Waals surface area contributed by atoms with E-state index in [9.17, 15) is 18.3 Å². The van der Waals surface area contributed by atoms with E-state index >= 15 is 0 Å². The lowest BCUT2D eigenvalue weighted by molar-refractivity contribution is 0.102. The summed E-state index contributed by atoms with van der Waals surface area (Å²) in [5.41, 5.74) is 0.763. The van der Waals surface area contributed by atoms with Crippen LogP contribution in [0.3, 0.4) is 0 Å². The van der Waals surface area contributed by atoms with Crippen molar-refractivity contribution in [3.8, 4) is 5.75 Å². The molecule has 5 nitrogen and oxygen atoms in total. The molecule has 0 aliphatic heterocycles. The minimum absolute atomic E-state index is 0.219. The van der Waals surface area contributed by atoms with E-state index in [0.29, 0.717) is 11.3 Å². The van der Waals surface area contributed by atoms with Crippen molar-refractivity contribution in [3.63, 3.8) is 0 Å². The van der Waals surface area contributed by atoms with Crippen LogP contribution in [0, 0.1) is 0 Å². The Bertz CT molecular complexity index is 739. The number of phenols is 1. The minimum Gasteiger partial charge on any atom is -0.507 e. The van der Waals surface area contributed by atoms with Gasteiger partial charge in [0.15, 0.2) is 9.84 Å². The molecular formula is C14H13NO4S. The highest BCUT2D eigenvalue weighted by molar-refractivity contribution is 7.90. The van der Waals surface area contributed by atoms with Crippen LogP contribution in [0.1, 0.15) is 10.4 Å². The predicted molar refractivity (Wildman–Crippen MR) is 75.6 cm³/mol. The summed E-state index contributed by atoms with van der Waals surface area (Å²) in [6, 6.07) is 12.4. The Morgan fingerprint density at radius 2 is 1.75 bits per heavy atom. The molecule has 2 N–H and O–H groups in total. The quantitative estimate of drug-likeness (QED) is 0.848. The first-order valence-corrected chi connectivity index (χ1v) is 7.66. The lowest BCUT2D eigenvalue weighted by Gasteiger charge is -2.08. The van der Waals surface area contributed by atoms with Crippen molar-refractivity contribution in [2.24, 2.45) is 0 Å². The van der Waals surface area contributed by atoms with Crippen molar-refractivity contribution >= 4 is 21.4 Å². The fraction of sp³-hybridized carbons (Fsp3) is 0.0714. The molecule has 104 valence electrons. The number of phenolic OH excluding ortho intramolecular Hbond substituents is 1. The molecule has 0 radical (unpaired) electrons. The molecule has 1 amide bonds. The lowest BCUT2D eigenvalue weighted by atomic mass is 10.2. The van der Waals surface area contributed by atoms with Crippen LogP contribution in [0.25, 0.3) is 0 Å². The number of hydrogen-bond acceptors (Lipinski definition) is 4. The van der Waals surface area contributed by atoms with Crippen LogP contribution < -0.4 is 5.32 Å². The van der Waals surface area contributed by atoms with Gasteiger partial charge in [0.05, 0.1) is 0 Å². The highest BCUT2D eigenvalue weighted by atomic mass is 32.2. The van der Waals surface area contributed by atoms with E-state index in [1.165, 1.54) is 18.2 Å². The summed E-state index contributed by atoms with van der Waals surface area (Å²) in [5, 5.41) is 12.1. The Labute approximate surface area is 116 Å². The van der Waals surface area contributed by atoms with Crippen LogP contribution in [-0.2, 0) is 9.84 Å². The average Bonchev–Trinajstić information content (AvgIpc) is 2.40. The lowest BCUT2D eigenvalue weighted by Crippen LogP contribution is -2.12. The molecule has 0 saturated carbocycles. The number of anilines is 1. The van der Waals surface area contributed by atoms with Gasteiger partial charge in [-0.15, -0.1) is 0 Å². The molecule has 0 unspecified atom stereocenters. The van der Waals surface area contributed by atoms with Gasteiger partial charge in [-0.05, 0) is 30.3 Å². The van der Waals surface area contributed by atoms with Crippen molar-refractivity contribution in [2.45, 2.75) is 4.90 Å². The van der Waals surface area contributed by atoms with Gasteiger partial charge in [0.1, 0.15) is 10.6 Å². The van der Waals surface area contributed by atoms with E-state index in [4.69, 9.17) is 0 Å². The highest BCUT2D eigenvalue weighted by Crippen LogP contribution is 2.26. The maximum atomic E-state index is 11.9. The van der Waals surface area contributed by atoms with E-state index < -0.39 is 9.84 Å². The third-order valence-electron chi connectivity index (χ3n) is 2.65. The first-order chi connectivity index (χ1) is 9.38. The van der Waals surface area contributed by atoms with E-state index in [1.807, 2.05) is 0 Å². The van der Waals surface area contributed by atoms with Gasteiger partial charge in [-0.1, -0.05) is 18.2 Å². The summed E-state index contributed by atoms with van der Waals surface area (Å²) in [6.07, 6.45) is 0.991. The zero-order valence-corrected chi connectivity index (χ0v) is 11.5. The molecule has 0 heterocycles. The number of carbonyl (C=O) groups is 1. The van der Waals surface area contributed by atoms with E-state index in [-0.39, 0.29) is 16.6 Å². The van der Waals surface area contributed by atoms with Crippen molar-refractivity contribution in [1.82, 2.24) is 0 Å². The minimum atomic E-state index is -3.56. The number of hydrogen-bond donors (Lipinski definition) is 2. The number of rotatable bonds is 3. The molecule has 0 aliphatic rings. The third-order valence-corrected chi connectivity index (χ3v) is 3.78. The summed E-state index contributed by atoms with van der Waals surface area (Å²) in [4.78, 5) is 11.7. The molecule has 2 aromatic rings. The maximum absolute atomic E-state index is 11.9. The van der Waals surface area contributed by atoms with Gasteiger partial charge >= 0.3 is 0 Å². The van der Waals surface area contributed by atoms with E-state index in [2.05, 4.69) is 5.32 Å². The second kappa shape index (κ2) is 5.34. The van der Waals surface area contributed by atoms with Crippen molar-refractivity contribution in [3.05, 3.63) is 54.1 Å². The largest absolute Gasteiger partial charge is 0.507 e. The molecule has 0 fully saturated rings. The Morgan fingerprint density at radius 3 is 2.35 bits per heavy atom. The second-order valence-electron chi connectivity index (χ2n) is 4.27. The van der Waals surface area contributed by atoms with Crippen LogP contribution in [0.4, 0.5) is 5.69 Å². The molecule has 2 rings (SSSR count). The number of benzene rings is 2. The van der Waals surface area contributed by atoms with Crippen LogP contribution in [0.5, 0.6) is 5.75 Å². The van der Waals surface area contributed by atoms with Gasteiger partial charge < -0.3 is 10.4 Å². The number of sulfone groups is 1. The topological polar surface area (TPSA) is 83.5 Å². The number of amides is 1. The maximum Gasteiger partial charge on any atom is 0.255 e. The number of aromatic hydroxyl groups is 1. The Balaban J connectivity index is 2.30. The first kappa shape index (κ1) is 14.1. The Morgan fingerprint density at radius 1 is 1.10 bits per heavy atom. The van der Waals surface area contributed by atoms with Gasteiger partial charge in [0, 0.05) is 17.5 Å². The van der Waals surface area contributed by atoms with Gasteiger partial charge in [0.2, 0.25) is 0 Å². The van der Waals surface area contributed by atoms with Gasteiger partial charge in [-0.3, -0.25) is 4.79 Å². The molecule has 2 aromatic carbocycles. The summed E-state index contributed by atoms with van der Waals surface area (Å²) in [7, 11) is -3.56. The fourth-order valence-corrected chi connectivity index (χ4v) is 2.47. The van der Waals surface area contributed by atoms with Crippen molar-refractivity contribution < 1.29 is 18.3 Å². The summed E-state index contributed by atoms with van der Waals surface area (Å²) in [6.45, 7) is 0. The third kappa shape index (κ3) is 3.16. The predicted octanol–water partition coefficient (Wildman–Crippen LogP) is 2.05. The zero-order valence-electron chi connectivity index (χ0n) is 10.7. The highest BCUT2D eigenvalue weighted by Gasteiger charge is 2.14. The standard InChI is InChI=1S/C14H13NO4S/c1-20(18,19)13-9-11(7-8-12(13)16)15-14(17)10-5-3-2-4-6-10/h2-9,16H,1H3,(H,15,17). The van der Waals surface area contributed by atoms with Crippen molar-refractivity contribution in [1.29, 1.82) is 0 Å². The fourth-order valence-electron chi connectivity index (χ4n) is 1.68. The summed E-state index contributed by atoms with van der Waals surface area (Å²) in [5.74, 6) is -0.694. The van der Waals surface area contributed by atoms with Gasteiger partial charge in [0.25, 0.3) is 5.91 Å². The molecular weight excluding hydrogens is 278 g/mol. The smallest absolute Gasteiger partial charge is 0.255 e. The monoisotopic (exact) mass is 291 g/mol. The molecule has 6 heteroatoms. The molecule has 0 bridgehead atoms. The molecule has 20 heavy (non-hydrogen) atoms. The van der Waals surface area contributed by atoms with Crippen LogP contribution in [0.2, 0.25) is 0 Å². The van der Waals surface area contributed by atoms with E-state index in [0.717, 1.165) is 6.26 Å². The normalized spacial score (nSPS) is 11.1. The average molecular weight is 291 g/mol. The zero-order chi connectivity index (χ0) is 14.8. The SMILES string of the molecule is CS(=O)(=O)c1cc(NC(=O)c2ccccc2)ccc1O. The Kier molecular flexibility index (Phi) is 3.76. The summed E-state index contributed by atoms with van der Waals surface area (Å²) < 4.78 is 23.0. The molecule has 0 aliphatic carbocycles. The molecule has 0 saturated heterocycles. The molecule has 0 atom stereocenters. The van der Waals surface area contributed by atoms with Gasteiger partial charge in [-0.25, -0.2) is 8.42 Å². The van der Waals surface area contributed by atoms with E-state index in [1.54, 1.807) is 30.3 Å². The van der Waals surface area contributed by atoms with Crippen LogP contribution in [0.15, 0.2) is 53.4 Å². The first-order valence-electron chi connectivity index (χ1n) is 5.77. The second-order valence-corrected chi connectivity index (χ2v) is 6.26. The molecule has 0 spiro atoms. The van der Waals surface area contributed by atoms with Crippen LogP contribution in [-0.4, -0.2) is 25.7 Å². The number of carbonyl (C=O) groups excluding carboxylic acids is 1. The van der Waals surface area contributed by atoms with Gasteiger partial charge in [-0.2, -0.15) is 0 Å².